The van der Waals surface area contributed by atoms with E-state index in [-0.39, 0.29) is 5.91 Å². The van der Waals surface area contributed by atoms with Gasteiger partial charge in [0.2, 0.25) is 0 Å². The van der Waals surface area contributed by atoms with Crippen LogP contribution in [0.15, 0.2) is 36.8 Å². The molecule has 6 nitrogen and oxygen atoms in total. The molecule has 2 saturated heterocycles. The van der Waals surface area contributed by atoms with Crippen LogP contribution in [-0.4, -0.2) is 63.3 Å². The molecule has 26 heavy (non-hydrogen) atoms. The number of amides is 1. The Morgan fingerprint density at radius 1 is 1.15 bits per heavy atom. The Hall–Kier alpha value is -2.02. The van der Waals surface area contributed by atoms with Crippen LogP contribution >= 0.6 is 11.8 Å². The average molecular weight is 372 g/mol. The fourth-order valence-electron chi connectivity index (χ4n) is 3.67. The van der Waals surface area contributed by atoms with Crippen LogP contribution in [0.1, 0.15) is 23.2 Å². The van der Waals surface area contributed by atoms with Gasteiger partial charge < -0.3 is 9.80 Å². The number of carbonyl (C=O) groups is 1. The molecule has 2 aliphatic rings. The Kier molecular flexibility index (Phi) is 5.43. The van der Waals surface area contributed by atoms with Gasteiger partial charge in [-0.05, 0) is 37.0 Å². The minimum Gasteiger partial charge on any atom is -0.355 e. The van der Waals surface area contributed by atoms with E-state index in [1.165, 1.54) is 0 Å². The number of carbonyl (C=O) groups excluding carboxylic acids is 1. The number of hydrogen-bond donors (Lipinski definition) is 0. The van der Waals surface area contributed by atoms with Gasteiger partial charge in [0.1, 0.15) is 5.82 Å². The number of rotatable bonds is 4. The normalized spacial score (nSPS) is 18.9. The Morgan fingerprint density at radius 2 is 1.96 bits per heavy atom. The molecule has 4 rings (SSSR count). The van der Waals surface area contributed by atoms with E-state index in [1.54, 1.807) is 6.20 Å². The van der Waals surface area contributed by atoms with Gasteiger partial charge in [-0.15, -0.1) is 0 Å². The van der Waals surface area contributed by atoms with Gasteiger partial charge in [0.25, 0.3) is 5.91 Å². The lowest BCUT2D eigenvalue weighted by molar-refractivity contribution is 0.0681. The first-order chi connectivity index (χ1) is 12.8. The highest BCUT2D eigenvalue weighted by atomic mass is 32.2. The highest BCUT2D eigenvalue weighted by Crippen LogP contribution is 2.22. The third-order valence-electron chi connectivity index (χ3n) is 5.24. The molecule has 0 aromatic carbocycles. The van der Waals surface area contributed by atoms with Crippen LogP contribution in [0.3, 0.4) is 0 Å². The van der Waals surface area contributed by atoms with E-state index in [9.17, 15) is 4.79 Å². The molecule has 0 bridgehead atoms. The van der Waals surface area contributed by atoms with E-state index in [0.717, 1.165) is 62.9 Å². The number of piperidine rings is 1. The van der Waals surface area contributed by atoms with Crippen molar-refractivity contribution in [3.05, 3.63) is 42.4 Å². The van der Waals surface area contributed by atoms with E-state index < -0.39 is 0 Å². The number of nitrogens with zero attached hydrogens (tertiary/aromatic N) is 5. The van der Waals surface area contributed by atoms with Gasteiger partial charge in [0, 0.05) is 62.8 Å². The first kappa shape index (κ1) is 17.4. The molecule has 2 aromatic rings. The number of hydrogen-bond acceptors (Lipinski definition) is 5. The Balaban J connectivity index is 1.31. The second-order valence-electron chi connectivity index (χ2n) is 6.97. The maximum absolute atomic E-state index is 12.8. The third-order valence-corrected chi connectivity index (χ3v) is 6.18. The van der Waals surface area contributed by atoms with Crippen molar-refractivity contribution in [3.8, 4) is 0 Å². The second kappa shape index (κ2) is 8.12. The number of aromatic nitrogens is 3. The monoisotopic (exact) mass is 371 g/mol. The lowest BCUT2D eigenvalue weighted by atomic mass is 9.96. The predicted molar refractivity (Wildman–Crippen MR) is 105 cm³/mol. The van der Waals surface area contributed by atoms with Gasteiger partial charge in [-0.1, -0.05) is 0 Å². The molecule has 7 heteroatoms. The Labute approximate surface area is 158 Å². The van der Waals surface area contributed by atoms with Crippen molar-refractivity contribution in [2.24, 2.45) is 5.92 Å². The number of thioether (sulfide) groups is 1. The minimum atomic E-state index is 0.107. The fraction of sp³-hybridized carbons (Fsp3) is 0.526. The van der Waals surface area contributed by atoms with Crippen molar-refractivity contribution in [3.63, 3.8) is 0 Å². The molecule has 0 radical (unpaired) electrons. The zero-order valence-electron chi connectivity index (χ0n) is 15.0. The Bertz CT molecular complexity index is 704. The van der Waals surface area contributed by atoms with Crippen LogP contribution in [-0.2, 0) is 6.54 Å². The first-order valence-electron chi connectivity index (χ1n) is 9.35. The smallest absolute Gasteiger partial charge is 0.255 e. The van der Waals surface area contributed by atoms with E-state index >= 15 is 0 Å². The standard InChI is InChI=1S/C19H25N5OS/c25-19(17-2-3-18(20-14-17)22-10-12-26-13-11-22)23-8-4-16(5-9-23)15-24-7-1-6-21-24/h1-3,6-7,14,16H,4-5,8-13,15H2. The molecule has 0 N–H and O–H groups in total. The van der Waals surface area contributed by atoms with Gasteiger partial charge >= 0.3 is 0 Å². The van der Waals surface area contributed by atoms with Gasteiger partial charge in [0.05, 0.1) is 5.56 Å². The largest absolute Gasteiger partial charge is 0.355 e. The molecule has 0 atom stereocenters. The van der Waals surface area contributed by atoms with Crippen molar-refractivity contribution in [1.29, 1.82) is 0 Å². The van der Waals surface area contributed by atoms with Crippen LogP contribution < -0.4 is 4.90 Å². The van der Waals surface area contributed by atoms with Crippen molar-refractivity contribution in [2.75, 3.05) is 42.6 Å². The van der Waals surface area contributed by atoms with Crippen molar-refractivity contribution in [2.45, 2.75) is 19.4 Å². The summed E-state index contributed by atoms with van der Waals surface area (Å²) >= 11 is 1.99. The second-order valence-corrected chi connectivity index (χ2v) is 8.19. The van der Waals surface area contributed by atoms with Gasteiger partial charge in [0.15, 0.2) is 0 Å². The predicted octanol–water partition coefficient (Wildman–Crippen LogP) is 2.38. The van der Waals surface area contributed by atoms with E-state index in [2.05, 4.69) is 15.0 Å². The SMILES string of the molecule is O=C(c1ccc(N2CCSCC2)nc1)N1CCC(Cn2cccn2)CC1. The first-order valence-corrected chi connectivity index (χ1v) is 10.5. The molecule has 0 saturated carbocycles. The summed E-state index contributed by atoms with van der Waals surface area (Å²) in [5.41, 5.74) is 0.700. The number of pyridine rings is 1. The molecule has 0 aliphatic carbocycles. The molecule has 1 amide bonds. The topological polar surface area (TPSA) is 54.3 Å². The zero-order chi connectivity index (χ0) is 17.8. The molecular formula is C19H25N5OS. The van der Waals surface area contributed by atoms with Gasteiger partial charge in [-0.25, -0.2) is 4.98 Å². The molecule has 2 aromatic heterocycles. The Morgan fingerprint density at radius 3 is 2.62 bits per heavy atom. The highest BCUT2D eigenvalue weighted by molar-refractivity contribution is 7.99. The van der Waals surface area contributed by atoms with E-state index in [4.69, 9.17) is 0 Å². The average Bonchev–Trinajstić information content (AvgIpc) is 3.22. The quantitative estimate of drug-likeness (QED) is 0.826. The van der Waals surface area contributed by atoms with Gasteiger partial charge in [-0.3, -0.25) is 9.48 Å². The maximum atomic E-state index is 12.8. The molecule has 2 fully saturated rings. The van der Waals surface area contributed by atoms with Crippen LogP contribution in [0, 0.1) is 5.92 Å². The summed E-state index contributed by atoms with van der Waals surface area (Å²) in [6.07, 6.45) is 7.63. The van der Waals surface area contributed by atoms with E-state index in [0.29, 0.717) is 11.5 Å². The molecule has 138 valence electrons. The molecular weight excluding hydrogens is 346 g/mol. The van der Waals surface area contributed by atoms with Crippen LogP contribution in [0.2, 0.25) is 0 Å². The van der Waals surface area contributed by atoms with Crippen LogP contribution in [0.5, 0.6) is 0 Å². The van der Waals surface area contributed by atoms with Crippen molar-refractivity contribution < 1.29 is 4.79 Å². The van der Waals surface area contributed by atoms with Crippen LogP contribution in [0.25, 0.3) is 0 Å². The van der Waals surface area contributed by atoms with Gasteiger partial charge in [-0.2, -0.15) is 16.9 Å². The summed E-state index contributed by atoms with van der Waals surface area (Å²) in [6, 6.07) is 5.88. The molecule has 0 spiro atoms. The lowest BCUT2D eigenvalue weighted by Gasteiger charge is -2.32. The fourth-order valence-corrected chi connectivity index (χ4v) is 4.57. The van der Waals surface area contributed by atoms with E-state index in [1.807, 2.05) is 51.9 Å². The number of likely N-dealkylation sites (tertiary alicyclic amines) is 1. The number of anilines is 1. The zero-order valence-corrected chi connectivity index (χ0v) is 15.8. The molecule has 0 unspecified atom stereocenters. The highest BCUT2D eigenvalue weighted by Gasteiger charge is 2.24. The molecule has 2 aliphatic heterocycles. The summed E-state index contributed by atoms with van der Waals surface area (Å²) in [7, 11) is 0. The summed E-state index contributed by atoms with van der Waals surface area (Å²) in [4.78, 5) is 21.6. The lowest BCUT2D eigenvalue weighted by Crippen LogP contribution is -2.39. The maximum Gasteiger partial charge on any atom is 0.255 e. The summed E-state index contributed by atoms with van der Waals surface area (Å²) in [5.74, 6) is 3.98. The third kappa shape index (κ3) is 4.03. The summed E-state index contributed by atoms with van der Waals surface area (Å²) in [5, 5.41) is 4.28. The molecule has 4 heterocycles. The van der Waals surface area contributed by atoms with Crippen molar-refractivity contribution >= 4 is 23.5 Å². The minimum absolute atomic E-state index is 0.107. The van der Waals surface area contributed by atoms with Crippen molar-refractivity contribution in [1.82, 2.24) is 19.7 Å². The summed E-state index contributed by atoms with van der Waals surface area (Å²) in [6.45, 7) is 4.65. The summed E-state index contributed by atoms with van der Waals surface area (Å²) < 4.78 is 1.99. The van der Waals surface area contributed by atoms with Crippen LogP contribution in [0.4, 0.5) is 5.82 Å².